The summed E-state index contributed by atoms with van der Waals surface area (Å²) in [5, 5.41) is 12.9. The highest BCUT2D eigenvalue weighted by Gasteiger charge is 2.39. The van der Waals surface area contributed by atoms with Crippen LogP contribution in [0.15, 0.2) is 30.3 Å². The number of carboxylic acids is 1. The summed E-state index contributed by atoms with van der Waals surface area (Å²) in [6, 6.07) is 10.1. The number of carbonyl (C=O) groups is 1. The molecule has 1 aliphatic rings. The maximum atomic E-state index is 11.7. The fraction of sp³-hybridized carbons (Fsp3) is 0.533. The maximum absolute atomic E-state index is 11.7. The van der Waals surface area contributed by atoms with E-state index in [1.165, 1.54) is 5.56 Å². The number of rotatable bonds is 5. The van der Waals surface area contributed by atoms with Gasteiger partial charge in [-0.05, 0) is 25.3 Å². The second-order valence-corrected chi connectivity index (χ2v) is 5.30. The fourth-order valence-electron chi connectivity index (χ4n) is 2.59. The minimum absolute atomic E-state index is 0.645. The molecule has 1 heterocycles. The van der Waals surface area contributed by atoms with Gasteiger partial charge in [-0.1, -0.05) is 30.3 Å². The number of hydrogen-bond donors (Lipinski definition) is 2. The minimum atomic E-state index is -0.766. The second kappa shape index (κ2) is 6.17. The van der Waals surface area contributed by atoms with Gasteiger partial charge in [0.1, 0.15) is 5.54 Å². The van der Waals surface area contributed by atoms with Crippen molar-refractivity contribution in [3.8, 4) is 0 Å². The molecular formula is C15H22N2O2. The van der Waals surface area contributed by atoms with Crippen molar-refractivity contribution in [2.45, 2.75) is 25.3 Å². The predicted molar refractivity (Wildman–Crippen MR) is 75.2 cm³/mol. The van der Waals surface area contributed by atoms with Crippen molar-refractivity contribution in [3.63, 3.8) is 0 Å². The molecule has 0 spiro atoms. The average Bonchev–Trinajstić information content (AvgIpc) is 2.46. The molecule has 1 fully saturated rings. The van der Waals surface area contributed by atoms with E-state index in [-0.39, 0.29) is 0 Å². The first-order valence-electron chi connectivity index (χ1n) is 6.86. The summed E-state index contributed by atoms with van der Waals surface area (Å²) in [4.78, 5) is 13.8. The van der Waals surface area contributed by atoms with Gasteiger partial charge in [0.15, 0.2) is 0 Å². The molecule has 1 aliphatic heterocycles. The van der Waals surface area contributed by atoms with Crippen LogP contribution in [0.3, 0.4) is 0 Å². The Kier molecular flexibility index (Phi) is 4.56. The Labute approximate surface area is 114 Å². The summed E-state index contributed by atoms with van der Waals surface area (Å²) < 4.78 is 0. The summed E-state index contributed by atoms with van der Waals surface area (Å²) >= 11 is 0. The van der Waals surface area contributed by atoms with Crippen LogP contribution in [0, 0.1) is 0 Å². The van der Waals surface area contributed by atoms with E-state index >= 15 is 0 Å². The van der Waals surface area contributed by atoms with Crippen LogP contribution < -0.4 is 5.32 Å². The van der Waals surface area contributed by atoms with Crippen LogP contribution in [0.2, 0.25) is 0 Å². The van der Waals surface area contributed by atoms with E-state index in [0.717, 1.165) is 32.6 Å². The molecular weight excluding hydrogens is 240 g/mol. The van der Waals surface area contributed by atoms with E-state index in [1.54, 1.807) is 0 Å². The molecule has 0 aromatic heterocycles. The van der Waals surface area contributed by atoms with Crippen LogP contribution in [0.4, 0.5) is 0 Å². The van der Waals surface area contributed by atoms with Gasteiger partial charge in [-0.3, -0.25) is 9.69 Å². The van der Waals surface area contributed by atoms with Crippen LogP contribution in [0.1, 0.15) is 18.9 Å². The van der Waals surface area contributed by atoms with Gasteiger partial charge in [-0.15, -0.1) is 0 Å². The molecule has 0 aliphatic carbocycles. The molecule has 0 saturated carbocycles. The van der Waals surface area contributed by atoms with E-state index < -0.39 is 11.5 Å². The van der Waals surface area contributed by atoms with E-state index in [2.05, 4.69) is 22.3 Å². The molecule has 4 nitrogen and oxygen atoms in total. The van der Waals surface area contributed by atoms with Crippen molar-refractivity contribution >= 4 is 5.97 Å². The van der Waals surface area contributed by atoms with Crippen molar-refractivity contribution in [1.29, 1.82) is 0 Å². The maximum Gasteiger partial charge on any atom is 0.323 e. The molecule has 1 aromatic carbocycles. The van der Waals surface area contributed by atoms with Gasteiger partial charge in [-0.25, -0.2) is 0 Å². The number of piperazine rings is 1. The Morgan fingerprint density at radius 1 is 1.32 bits per heavy atom. The summed E-state index contributed by atoms with van der Waals surface area (Å²) in [5.41, 5.74) is 0.433. The number of aliphatic carboxylic acids is 1. The van der Waals surface area contributed by atoms with Crippen molar-refractivity contribution < 1.29 is 9.90 Å². The monoisotopic (exact) mass is 262 g/mol. The largest absolute Gasteiger partial charge is 0.480 e. The first-order valence-corrected chi connectivity index (χ1v) is 6.86. The molecule has 19 heavy (non-hydrogen) atoms. The van der Waals surface area contributed by atoms with Gasteiger partial charge in [0.25, 0.3) is 0 Å². The van der Waals surface area contributed by atoms with E-state index in [0.29, 0.717) is 6.42 Å². The molecule has 104 valence electrons. The lowest BCUT2D eigenvalue weighted by atomic mass is 9.90. The van der Waals surface area contributed by atoms with Crippen molar-refractivity contribution in [2.75, 3.05) is 26.2 Å². The first kappa shape index (κ1) is 14.0. The van der Waals surface area contributed by atoms with E-state index in [9.17, 15) is 9.90 Å². The summed E-state index contributed by atoms with van der Waals surface area (Å²) in [7, 11) is 0. The zero-order chi connectivity index (χ0) is 13.7. The Bertz CT molecular complexity index is 415. The molecule has 4 heteroatoms. The molecule has 0 radical (unpaired) electrons. The lowest BCUT2D eigenvalue weighted by Gasteiger charge is -2.40. The van der Waals surface area contributed by atoms with Gasteiger partial charge >= 0.3 is 5.97 Å². The van der Waals surface area contributed by atoms with Gasteiger partial charge in [0, 0.05) is 26.2 Å². The number of hydrogen-bond acceptors (Lipinski definition) is 3. The Morgan fingerprint density at radius 3 is 2.53 bits per heavy atom. The minimum Gasteiger partial charge on any atom is -0.480 e. The number of nitrogens with zero attached hydrogens (tertiary/aromatic N) is 1. The highest BCUT2D eigenvalue weighted by Crippen LogP contribution is 2.23. The third-order valence-electron chi connectivity index (χ3n) is 4.02. The van der Waals surface area contributed by atoms with Crippen LogP contribution in [-0.4, -0.2) is 47.7 Å². The summed E-state index contributed by atoms with van der Waals surface area (Å²) in [6.45, 7) is 5.20. The van der Waals surface area contributed by atoms with Gasteiger partial charge in [0.05, 0.1) is 0 Å². The molecule has 2 N–H and O–H groups in total. The van der Waals surface area contributed by atoms with E-state index in [1.807, 2.05) is 25.1 Å². The third-order valence-corrected chi connectivity index (χ3v) is 4.02. The Balaban J connectivity index is 2.04. The predicted octanol–water partition coefficient (Wildman–Crippen LogP) is 1.37. The number of benzene rings is 1. The topological polar surface area (TPSA) is 52.6 Å². The number of aryl methyl sites for hydroxylation is 1. The lowest BCUT2D eigenvalue weighted by Crippen LogP contribution is -2.58. The Hall–Kier alpha value is -1.39. The van der Waals surface area contributed by atoms with Gasteiger partial charge in [-0.2, -0.15) is 0 Å². The zero-order valence-corrected chi connectivity index (χ0v) is 11.4. The highest BCUT2D eigenvalue weighted by atomic mass is 16.4. The normalized spacial score (nSPS) is 19.8. The zero-order valence-electron chi connectivity index (χ0n) is 11.4. The number of nitrogens with one attached hydrogen (secondary N) is 1. The van der Waals surface area contributed by atoms with Crippen LogP contribution >= 0.6 is 0 Å². The molecule has 1 saturated heterocycles. The van der Waals surface area contributed by atoms with E-state index in [4.69, 9.17) is 0 Å². The average molecular weight is 262 g/mol. The molecule has 2 rings (SSSR count). The molecule has 0 bridgehead atoms. The Morgan fingerprint density at radius 2 is 1.95 bits per heavy atom. The van der Waals surface area contributed by atoms with Crippen LogP contribution in [0.25, 0.3) is 0 Å². The smallest absolute Gasteiger partial charge is 0.323 e. The van der Waals surface area contributed by atoms with Crippen LogP contribution in [0.5, 0.6) is 0 Å². The van der Waals surface area contributed by atoms with Crippen LogP contribution in [-0.2, 0) is 11.2 Å². The standard InChI is InChI=1S/C15H22N2O2/c1-15(14(18)19,17-11-9-16-10-12-17)8-7-13-5-3-2-4-6-13/h2-6,16H,7-12H2,1H3,(H,18,19). The molecule has 0 amide bonds. The van der Waals surface area contributed by atoms with Gasteiger partial charge < -0.3 is 10.4 Å². The van der Waals surface area contributed by atoms with Crippen molar-refractivity contribution in [1.82, 2.24) is 10.2 Å². The van der Waals surface area contributed by atoms with Crippen molar-refractivity contribution in [2.24, 2.45) is 0 Å². The van der Waals surface area contributed by atoms with Gasteiger partial charge in [0.2, 0.25) is 0 Å². The first-order chi connectivity index (χ1) is 9.13. The van der Waals surface area contributed by atoms with Crippen molar-refractivity contribution in [3.05, 3.63) is 35.9 Å². The molecule has 1 unspecified atom stereocenters. The summed E-state index contributed by atoms with van der Waals surface area (Å²) in [5.74, 6) is -0.717. The summed E-state index contributed by atoms with van der Waals surface area (Å²) in [6.07, 6.45) is 1.44. The quantitative estimate of drug-likeness (QED) is 0.841. The molecule has 1 aromatic rings. The lowest BCUT2D eigenvalue weighted by molar-refractivity contribution is -0.151. The third kappa shape index (κ3) is 3.33. The fourth-order valence-corrected chi connectivity index (χ4v) is 2.59. The second-order valence-electron chi connectivity index (χ2n) is 5.30. The molecule has 1 atom stereocenters. The number of carboxylic acid groups (broad SMARTS) is 1. The highest BCUT2D eigenvalue weighted by molar-refractivity contribution is 5.78. The SMILES string of the molecule is CC(CCc1ccccc1)(C(=O)O)N1CCNCC1.